The first-order chi connectivity index (χ1) is 21.3. The van der Waals surface area contributed by atoms with Crippen LogP contribution < -0.4 is 0 Å². The third kappa shape index (κ3) is 3.09. The van der Waals surface area contributed by atoms with Gasteiger partial charge in [0.1, 0.15) is 11.1 Å². The van der Waals surface area contributed by atoms with E-state index in [1.54, 1.807) is 0 Å². The van der Waals surface area contributed by atoms with Gasteiger partial charge in [0.25, 0.3) is 0 Å². The van der Waals surface area contributed by atoms with Crippen LogP contribution in [0.15, 0.2) is 132 Å². The molecular weight excluding hydrogens is 547 g/mol. The summed E-state index contributed by atoms with van der Waals surface area (Å²) in [6.07, 6.45) is 0. The fraction of sp³-hybridized carbons (Fsp3) is 0. The zero-order chi connectivity index (χ0) is 28.1. The van der Waals surface area contributed by atoms with Gasteiger partial charge in [-0.15, -0.1) is 11.3 Å². The Morgan fingerprint density at radius 3 is 2.09 bits per heavy atom. The molecule has 5 heteroatoms. The number of benzene rings is 6. The van der Waals surface area contributed by atoms with E-state index in [4.69, 9.17) is 14.4 Å². The van der Waals surface area contributed by atoms with Crippen molar-refractivity contribution in [3.05, 3.63) is 127 Å². The number of aromatic nitrogens is 3. The molecule has 0 amide bonds. The lowest BCUT2D eigenvalue weighted by atomic mass is 10.00. The molecule has 0 atom stereocenters. The molecule has 6 aromatic carbocycles. The molecule has 43 heavy (non-hydrogen) atoms. The van der Waals surface area contributed by atoms with Crippen LogP contribution >= 0.6 is 11.3 Å². The van der Waals surface area contributed by atoms with Crippen LogP contribution in [0.25, 0.3) is 92.0 Å². The van der Waals surface area contributed by atoms with Crippen LogP contribution in [0.4, 0.5) is 0 Å². The van der Waals surface area contributed by atoms with Gasteiger partial charge in [-0.1, -0.05) is 103 Å². The van der Waals surface area contributed by atoms with Crippen molar-refractivity contribution in [2.75, 3.05) is 0 Å². The van der Waals surface area contributed by atoms with E-state index < -0.39 is 0 Å². The maximum atomic E-state index is 6.62. The van der Waals surface area contributed by atoms with Crippen molar-refractivity contribution >= 4 is 86.2 Å². The lowest BCUT2D eigenvalue weighted by Gasteiger charge is -2.11. The minimum Gasteiger partial charge on any atom is -0.450 e. The molecule has 0 saturated carbocycles. The Bertz CT molecular complexity index is 2730. The van der Waals surface area contributed by atoms with Gasteiger partial charge in [-0.2, -0.15) is 0 Å². The second kappa shape index (κ2) is 8.51. The van der Waals surface area contributed by atoms with E-state index in [1.165, 1.54) is 41.7 Å². The van der Waals surface area contributed by atoms with Crippen molar-refractivity contribution in [3.63, 3.8) is 0 Å². The molecule has 0 aliphatic rings. The van der Waals surface area contributed by atoms with Crippen molar-refractivity contribution in [1.29, 1.82) is 0 Å². The minimum absolute atomic E-state index is 0.674. The maximum Gasteiger partial charge on any atom is 0.197 e. The van der Waals surface area contributed by atoms with Crippen LogP contribution in [0, 0.1) is 0 Å². The number of hydrogen-bond acceptors (Lipinski definition) is 4. The van der Waals surface area contributed by atoms with Gasteiger partial charge in [0, 0.05) is 47.3 Å². The fourth-order valence-electron chi connectivity index (χ4n) is 6.78. The summed E-state index contributed by atoms with van der Waals surface area (Å²) in [7, 11) is 0. The maximum absolute atomic E-state index is 6.62. The average molecular weight is 568 g/mol. The Morgan fingerprint density at radius 1 is 0.558 bits per heavy atom. The standard InChI is InChI=1S/C38H21N3OS/c1-2-12-22(13-3-1)37-39-33-26-17-7-10-20-29(26)42-35(33)38(40-37)41-28-19-9-6-16-25(28)31-23-14-4-5-15-24(23)36-32(34(31)41)27-18-8-11-21-30(27)43-36/h1-21H. The van der Waals surface area contributed by atoms with Gasteiger partial charge in [0.2, 0.25) is 0 Å². The SMILES string of the molecule is c1ccc(-c2nc(-n3c4ccccc4c4c5ccccc5c5sc6ccccc6c5c43)c3oc4ccccc4c3n2)cc1. The van der Waals surface area contributed by atoms with Gasteiger partial charge < -0.3 is 4.42 Å². The third-order valence-electron chi connectivity index (χ3n) is 8.59. The lowest BCUT2D eigenvalue weighted by Crippen LogP contribution is -2.02. The monoisotopic (exact) mass is 567 g/mol. The van der Waals surface area contributed by atoms with Crippen LogP contribution in [0.3, 0.4) is 0 Å². The number of rotatable bonds is 2. The predicted octanol–water partition coefficient (Wildman–Crippen LogP) is 10.7. The van der Waals surface area contributed by atoms with Crippen LogP contribution in [0.5, 0.6) is 0 Å². The molecule has 4 nitrogen and oxygen atoms in total. The Labute approximate surface area is 249 Å². The van der Waals surface area contributed by atoms with E-state index in [1.807, 2.05) is 47.7 Å². The molecule has 0 unspecified atom stereocenters. The predicted molar refractivity (Wildman–Crippen MR) is 179 cm³/mol. The molecule has 0 N–H and O–H groups in total. The van der Waals surface area contributed by atoms with Crippen LogP contribution in [-0.2, 0) is 0 Å². The van der Waals surface area contributed by atoms with Crippen LogP contribution in [0.1, 0.15) is 0 Å². The second-order valence-corrected chi connectivity index (χ2v) is 12.0. The van der Waals surface area contributed by atoms with Crippen molar-refractivity contribution in [3.8, 4) is 17.2 Å². The number of nitrogens with zero attached hydrogens (tertiary/aromatic N) is 3. The van der Waals surface area contributed by atoms with E-state index in [9.17, 15) is 0 Å². The Morgan fingerprint density at radius 2 is 1.23 bits per heavy atom. The van der Waals surface area contributed by atoms with Gasteiger partial charge in [-0.25, -0.2) is 9.97 Å². The highest BCUT2D eigenvalue weighted by molar-refractivity contribution is 7.27. The molecule has 0 saturated heterocycles. The number of thiophene rings is 1. The first-order valence-electron chi connectivity index (χ1n) is 14.4. The van der Waals surface area contributed by atoms with E-state index in [2.05, 4.69) is 95.6 Å². The van der Waals surface area contributed by atoms with Gasteiger partial charge in [-0.05, 0) is 29.7 Å². The summed E-state index contributed by atoms with van der Waals surface area (Å²) >= 11 is 1.86. The van der Waals surface area contributed by atoms with Crippen molar-refractivity contribution in [1.82, 2.24) is 14.5 Å². The van der Waals surface area contributed by atoms with E-state index >= 15 is 0 Å². The van der Waals surface area contributed by atoms with Crippen molar-refractivity contribution in [2.45, 2.75) is 0 Å². The van der Waals surface area contributed by atoms with Crippen LogP contribution in [-0.4, -0.2) is 14.5 Å². The smallest absolute Gasteiger partial charge is 0.197 e. The Hall–Kier alpha value is -5.52. The minimum atomic E-state index is 0.674. The topological polar surface area (TPSA) is 43.9 Å². The van der Waals surface area contributed by atoms with Gasteiger partial charge in [-0.3, -0.25) is 4.57 Å². The number of fused-ring (bicyclic) bond motifs is 13. The zero-order valence-corrected chi connectivity index (χ0v) is 23.6. The van der Waals surface area contributed by atoms with Gasteiger partial charge in [0.15, 0.2) is 17.2 Å². The Balaban J connectivity index is 1.51. The molecule has 4 heterocycles. The molecule has 0 radical (unpaired) electrons. The van der Waals surface area contributed by atoms with Crippen molar-refractivity contribution in [2.24, 2.45) is 0 Å². The summed E-state index contributed by atoms with van der Waals surface area (Å²) < 4.78 is 11.5. The first kappa shape index (κ1) is 23.1. The highest BCUT2D eigenvalue weighted by atomic mass is 32.1. The third-order valence-corrected chi connectivity index (χ3v) is 9.80. The summed E-state index contributed by atoms with van der Waals surface area (Å²) in [5.74, 6) is 1.42. The molecule has 0 aliphatic heterocycles. The number of para-hydroxylation sites is 2. The highest BCUT2D eigenvalue weighted by Gasteiger charge is 2.25. The average Bonchev–Trinajstić information content (AvgIpc) is 3.75. The molecule has 10 rings (SSSR count). The largest absolute Gasteiger partial charge is 0.450 e. The molecule has 0 bridgehead atoms. The summed E-state index contributed by atoms with van der Waals surface area (Å²) in [5, 5.41) is 8.41. The summed E-state index contributed by atoms with van der Waals surface area (Å²) in [6, 6.07) is 44.5. The molecule has 10 aromatic rings. The quantitative estimate of drug-likeness (QED) is 0.209. The number of hydrogen-bond donors (Lipinski definition) is 0. The summed E-state index contributed by atoms with van der Waals surface area (Å²) in [6.45, 7) is 0. The molecule has 0 spiro atoms. The summed E-state index contributed by atoms with van der Waals surface area (Å²) in [4.78, 5) is 10.4. The second-order valence-electron chi connectivity index (χ2n) is 10.9. The molecular formula is C38H21N3OS. The molecule has 0 fully saturated rings. The highest BCUT2D eigenvalue weighted by Crippen LogP contribution is 2.48. The lowest BCUT2D eigenvalue weighted by molar-refractivity contribution is 0.662. The molecule has 4 aromatic heterocycles. The number of furan rings is 1. The molecule has 0 aliphatic carbocycles. The summed E-state index contributed by atoms with van der Waals surface area (Å²) in [5.41, 5.74) is 5.50. The normalized spacial score (nSPS) is 12.2. The zero-order valence-electron chi connectivity index (χ0n) is 22.8. The van der Waals surface area contributed by atoms with E-state index in [0.29, 0.717) is 11.4 Å². The van der Waals surface area contributed by atoms with Gasteiger partial charge in [0.05, 0.1) is 11.0 Å². The molecule has 200 valence electrons. The van der Waals surface area contributed by atoms with Crippen LogP contribution in [0.2, 0.25) is 0 Å². The first-order valence-corrected chi connectivity index (χ1v) is 15.2. The fourth-order valence-corrected chi connectivity index (χ4v) is 8.03. The van der Waals surface area contributed by atoms with Crippen molar-refractivity contribution < 1.29 is 4.42 Å². The Kier molecular flexibility index (Phi) is 4.57. The van der Waals surface area contributed by atoms with Gasteiger partial charge >= 0.3 is 0 Å². The van der Waals surface area contributed by atoms with E-state index in [0.717, 1.165) is 38.9 Å². The van der Waals surface area contributed by atoms with E-state index in [-0.39, 0.29) is 0 Å².